The summed E-state index contributed by atoms with van der Waals surface area (Å²) in [5, 5.41) is 47.5. The van der Waals surface area contributed by atoms with Gasteiger partial charge in [0.2, 0.25) is 59.1 Å². The van der Waals surface area contributed by atoms with Crippen molar-refractivity contribution >= 4 is 84.3 Å². The first-order valence-corrected chi connectivity index (χ1v) is 23.4. The maximum absolute atomic E-state index is 13.9. The smallest absolute Gasteiger partial charge is 0.250 e. The van der Waals surface area contributed by atoms with Crippen molar-refractivity contribution in [2.45, 2.75) is 127 Å². The van der Waals surface area contributed by atoms with E-state index in [9.17, 15) is 63.3 Å². The highest BCUT2D eigenvalue weighted by atomic mass is 32.1. The molecular weight excluding hydrogens is 931 g/mol. The van der Waals surface area contributed by atoms with E-state index in [-0.39, 0.29) is 43.1 Å². The summed E-state index contributed by atoms with van der Waals surface area (Å²) < 4.78 is 0. The first-order valence-electron chi connectivity index (χ1n) is 22.1. The van der Waals surface area contributed by atoms with Crippen LogP contribution in [0.2, 0.25) is 0 Å². The number of aromatic hydroxyl groups is 1. The number of thiol groups is 2. The average Bonchev–Trinajstić information content (AvgIpc) is 3.80. The van der Waals surface area contributed by atoms with Crippen LogP contribution in [0.25, 0.3) is 0 Å². The van der Waals surface area contributed by atoms with Crippen LogP contribution in [-0.2, 0) is 54.4 Å². The van der Waals surface area contributed by atoms with E-state index >= 15 is 0 Å². The highest BCUT2D eigenvalue weighted by Gasteiger charge is 2.40. The molecule has 380 valence electrons. The van der Waals surface area contributed by atoms with Gasteiger partial charge in [-0.3, -0.25) is 47.9 Å². The van der Waals surface area contributed by atoms with E-state index in [2.05, 4.69) is 62.5 Å². The number of benzene rings is 1. The Morgan fingerprint density at radius 2 is 1.31 bits per heavy atom. The fourth-order valence-corrected chi connectivity index (χ4v) is 7.41. The highest BCUT2D eigenvalue weighted by molar-refractivity contribution is 7.80. The molecule has 1 heterocycles. The number of carbonyl (C=O) groups is 10. The molecule has 1 aliphatic heterocycles. The van der Waals surface area contributed by atoms with Gasteiger partial charge in [-0.25, -0.2) is 0 Å². The average molecular weight is 998 g/mol. The Morgan fingerprint density at radius 1 is 0.721 bits per heavy atom. The monoisotopic (exact) mass is 997 g/mol. The van der Waals surface area contributed by atoms with Gasteiger partial charge < -0.3 is 74.6 Å². The second-order valence-electron chi connectivity index (χ2n) is 16.4. The van der Waals surface area contributed by atoms with Crippen LogP contribution in [0.3, 0.4) is 0 Å². The number of hydrogen-bond acceptors (Lipinski definition) is 16. The van der Waals surface area contributed by atoms with Crippen molar-refractivity contribution in [1.82, 2.24) is 42.1 Å². The molecule has 16 N–H and O–H groups in total. The number of nitrogens with one attached hydrogen (secondary N) is 7. The van der Waals surface area contributed by atoms with E-state index in [1.807, 2.05) is 0 Å². The van der Waals surface area contributed by atoms with Gasteiger partial charge in [-0.1, -0.05) is 32.4 Å². The number of aliphatic hydroxyl groups is 2. The van der Waals surface area contributed by atoms with Gasteiger partial charge in [-0.05, 0) is 69.2 Å². The summed E-state index contributed by atoms with van der Waals surface area (Å²) in [4.78, 5) is 133. The predicted molar refractivity (Wildman–Crippen MR) is 252 cm³/mol. The number of hydrogen-bond donors (Lipinski definition) is 15. The molecule has 26 heteroatoms. The zero-order chi connectivity index (χ0) is 51.2. The van der Waals surface area contributed by atoms with Gasteiger partial charge in [0.15, 0.2) is 0 Å². The summed E-state index contributed by atoms with van der Waals surface area (Å²) in [6.07, 6.45) is -2.16. The number of phenolic OH excluding ortho intramolecular Hbond substituents is 1. The Hall–Kier alpha value is -5.70. The van der Waals surface area contributed by atoms with Gasteiger partial charge in [0.05, 0.1) is 19.1 Å². The minimum atomic E-state index is -1.81. The molecule has 0 aromatic heterocycles. The Kier molecular flexibility index (Phi) is 25.1. The molecule has 0 spiro atoms. The molecule has 1 aromatic rings. The van der Waals surface area contributed by atoms with Crippen molar-refractivity contribution in [3.63, 3.8) is 0 Å². The molecular formula is C42H67N11O13S2. The molecule has 68 heavy (non-hydrogen) atoms. The van der Waals surface area contributed by atoms with Gasteiger partial charge in [0.1, 0.15) is 54.1 Å². The number of unbranched alkanes of at least 4 members (excludes halogenated alkanes) is 1. The fraction of sp³-hybridized carbons (Fsp3) is 0.619. The highest BCUT2D eigenvalue weighted by Crippen LogP contribution is 2.20. The third-order valence-corrected chi connectivity index (χ3v) is 11.7. The molecule has 0 saturated carbocycles. The lowest BCUT2D eigenvalue weighted by Gasteiger charge is -2.31. The number of primary amides is 2. The van der Waals surface area contributed by atoms with Crippen LogP contribution in [0.5, 0.6) is 5.75 Å². The van der Waals surface area contributed by atoms with Crippen molar-refractivity contribution < 1.29 is 63.3 Å². The molecule has 1 fully saturated rings. The van der Waals surface area contributed by atoms with Gasteiger partial charge in [-0.2, -0.15) is 25.3 Å². The van der Waals surface area contributed by atoms with Crippen LogP contribution in [0.15, 0.2) is 24.3 Å². The number of likely N-dealkylation sites (tertiary alicyclic amines) is 1. The van der Waals surface area contributed by atoms with Crippen molar-refractivity contribution in [1.29, 1.82) is 0 Å². The molecule has 24 nitrogen and oxygen atoms in total. The molecule has 0 bridgehead atoms. The van der Waals surface area contributed by atoms with E-state index < -0.39 is 132 Å². The Bertz CT molecular complexity index is 1930. The molecule has 10 amide bonds. The van der Waals surface area contributed by atoms with E-state index in [0.717, 1.165) is 6.92 Å². The predicted octanol–water partition coefficient (Wildman–Crippen LogP) is -4.91. The number of amides is 10. The summed E-state index contributed by atoms with van der Waals surface area (Å²) in [6, 6.07) is -4.22. The van der Waals surface area contributed by atoms with Crippen LogP contribution in [0.1, 0.15) is 71.3 Å². The van der Waals surface area contributed by atoms with E-state index in [1.165, 1.54) is 29.2 Å². The lowest BCUT2D eigenvalue weighted by Crippen LogP contribution is -2.63. The van der Waals surface area contributed by atoms with E-state index in [4.69, 9.17) is 17.2 Å². The second-order valence-corrected chi connectivity index (χ2v) is 17.2. The van der Waals surface area contributed by atoms with Gasteiger partial charge in [-0.15, -0.1) is 0 Å². The first kappa shape index (κ1) is 58.4. The molecule has 10 atom stereocenters. The minimum absolute atomic E-state index is 0.0578. The molecule has 2 rings (SSSR count). The lowest BCUT2D eigenvalue weighted by molar-refractivity contribution is -0.142. The van der Waals surface area contributed by atoms with Crippen LogP contribution >= 0.6 is 25.3 Å². The summed E-state index contributed by atoms with van der Waals surface area (Å²) in [6.45, 7) is 4.40. The normalized spacial score (nSPS) is 17.3. The quantitative estimate of drug-likeness (QED) is 0.0264. The number of aliphatic hydroxyl groups excluding tert-OH is 2. The third kappa shape index (κ3) is 18.8. The number of nitrogens with two attached hydrogens (primary N) is 3. The van der Waals surface area contributed by atoms with Crippen LogP contribution in [0.4, 0.5) is 0 Å². The van der Waals surface area contributed by atoms with E-state index in [1.54, 1.807) is 13.8 Å². The minimum Gasteiger partial charge on any atom is -0.508 e. The standard InChI is InChI=1S/C42H67N11O13S2/c1-4-21(2)33(51-37(61)26(48-39(63)30(56)20-68)16-23-10-12-24(55)13-11-23)40(64)52-34(22(3)54)41(65)49-27(17-31(44)57)36(60)50-28(19-67)42(66)53-15-7-9-29(53)38(62)47-25(8-5-6-14-43)35(59)46-18-32(45)58/h10-13,21-22,25-30,33-34,54-56,67-68H,4-9,14-20,43H2,1-3H3,(H2,44,57)(H2,45,58)(H,46,59)(H,47,62)(H,48,63)(H,49,65)(H,50,60)(H,51,61)(H,52,64)/t21-,22+,25-,26-,27-,28-,29-,30+,33-,34-/m0/s1. The first-order chi connectivity index (χ1) is 32.1. The molecule has 1 saturated heterocycles. The Labute approximate surface area is 405 Å². The number of carbonyl (C=O) groups excluding carboxylic acids is 10. The van der Waals surface area contributed by atoms with Gasteiger partial charge >= 0.3 is 0 Å². The van der Waals surface area contributed by atoms with Crippen LogP contribution in [0, 0.1) is 5.92 Å². The summed E-state index contributed by atoms with van der Waals surface area (Å²) in [5.41, 5.74) is 16.6. The van der Waals surface area contributed by atoms with Crippen LogP contribution in [-0.4, -0.2) is 165 Å². The fourth-order valence-electron chi connectivity index (χ4n) is 6.99. The van der Waals surface area contributed by atoms with Crippen LogP contribution < -0.4 is 54.4 Å². The maximum atomic E-state index is 13.9. The molecule has 1 aromatic carbocycles. The zero-order valence-corrected chi connectivity index (χ0v) is 40.1. The number of phenols is 1. The lowest BCUT2D eigenvalue weighted by atomic mass is 9.96. The van der Waals surface area contributed by atoms with Crippen molar-refractivity contribution in [3.8, 4) is 5.75 Å². The Morgan fingerprint density at radius 3 is 1.87 bits per heavy atom. The van der Waals surface area contributed by atoms with Gasteiger partial charge in [0, 0.05) is 24.5 Å². The molecule has 0 unspecified atom stereocenters. The van der Waals surface area contributed by atoms with Crippen molar-refractivity contribution in [2.75, 3.05) is 31.1 Å². The SMILES string of the molecule is CC[C@H](C)[C@H](NC(=O)[C@H](Cc1ccc(O)cc1)NC(=O)[C@H](O)CS)C(=O)N[C@H](C(=O)N[C@@H](CC(N)=O)C(=O)N[C@@H](CS)C(=O)N1CCC[C@H]1C(=O)N[C@@H](CCCCN)C(=O)NCC(N)=O)[C@@H](C)O. The number of nitrogens with zero attached hydrogens (tertiary/aromatic N) is 1. The topological polar surface area (TPSA) is 397 Å². The molecule has 0 aliphatic carbocycles. The summed E-state index contributed by atoms with van der Waals surface area (Å²) in [7, 11) is 0. The maximum Gasteiger partial charge on any atom is 0.250 e. The second kappa shape index (κ2) is 29.2. The molecule has 1 aliphatic rings. The summed E-state index contributed by atoms with van der Waals surface area (Å²) >= 11 is 8.13. The third-order valence-electron chi connectivity index (χ3n) is 11.0. The van der Waals surface area contributed by atoms with Crippen molar-refractivity contribution in [2.24, 2.45) is 23.1 Å². The van der Waals surface area contributed by atoms with Crippen molar-refractivity contribution in [3.05, 3.63) is 29.8 Å². The summed E-state index contributed by atoms with van der Waals surface area (Å²) in [5.74, 6) is -10.3. The zero-order valence-electron chi connectivity index (χ0n) is 38.3. The Balaban J connectivity index is 2.28. The molecule has 0 radical (unpaired) electrons. The number of rotatable bonds is 29. The van der Waals surface area contributed by atoms with Gasteiger partial charge in [0.25, 0.3) is 0 Å². The van der Waals surface area contributed by atoms with E-state index in [0.29, 0.717) is 37.8 Å². The largest absolute Gasteiger partial charge is 0.508 e.